The van der Waals surface area contributed by atoms with Crippen LogP contribution in [0.5, 0.6) is 0 Å². The van der Waals surface area contributed by atoms with Crippen molar-refractivity contribution in [2.24, 2.45) is 0 Å². The predicted octanol–water partition coefficient (Wildman–Crippen LogP) is 2.49. The molecule has 2 aromatic rings. The molecule has 0 radical (unpaired) electrons. The molecular weight excluding hydrogens is 268 g/mol. The average molecular weight is 282 g/mol. The molecule has 96 valence electrons. The topological polar surface area (TPSA) is 73.0 Å². The van der Waals surface area contributed by atoms with Gasteiger partial charge in [0.1, 0.15) is 9.90 Å². The van der Waals surface area contributed by atoms with Crippen LogP contribution < -0.4 is 5.73 Å². The highest BCUT2D eigenvalue weighted by Gasteiger charge is 2.23. The van der Waals surface area contributed by atoms with Gasteiger partial charge >= 0.3 is 0 Å². The summed E-state index contributed by atoms with van der Waals surface area (Å²) in [4.78, 5) is 4.17. The van der Waals surface area contributed by atoms with E-state index in [9.17, 15) is 8.42 Å². The Hall–Kier alpha value is -1.40. The van der Waals surface area contributed by atoms with Gasteiger partial charge in [-0.3, -0.25) is 0 Å². The fourth-order valence-corrected chi connectivity index (χ4v) is 4.08. The zero-order valence-corrected chi connectivity index (χ0v) is 11.8. The third kappa shape index (κ3) is 2.26. The Morgan fingerprint density at radius 3 is 2.61 bits per heavy atom. The maximum absolute atomic E-state index is 12.0. The van der Waals surface area contributed by atoms with Gasteiger partial charge in [-0.1, -0.05) is 42.5 Å². The van der Waals surface area contributed by atoms with E-state index in [1.165, 1.54) is 0 Å². The monoisotopic (exact) mass is 282 g/mol. The summed E-state index contributed by atoms with van der Waals surface area (Å²) < 4.78 is 24.3. The van der Waals surface area contributed by atoms with Crippen LogP contribution in [0.15, 0.2) is 28.5 Å². The number of aryl methyl sites for hydroxylation is 1. The second-order valence-electron chi connectivity index (χ2n) is 3.91. The first-order valence-electron chi connectivity index (χ1n) is 5.50. The summed E-state index contributed by atoms with van der Waals surface area (Å²) in [6, 6.07) is 7.55. The molecule has 0 unspecified atom stereocenters. The number of anilines is 1. The molecule has 4 nitrogen and oxygen atoms in total. The molecule has 0 bridgehead atoms. The van der Waals surface area contributed by atoms with Crippen LogP contribution in [0.3, 0.4) is 0 Å². The van der Waals surface area contributed by atoms with Crippen molar-refractivity contribution in [2.45, 2.75) is 18.1 Å². The Bertz CT molecular complexity index is 675. The van der Waals surface area contributed by atoms with Gasteiger partial charge in [0.25, 0.3) is 0 Å². The molecule has 0 spiro atoms. The van der Waals surface area contributed by atoms with Gasteiger partial charge in [-0.25, -0.2) is 13.4 Å². The maximum Gasteiger partial charge on any atom is 0.189 e. The molecule has 0 amide bonds. The number of benzene rings is 1. The molecule has 0 aliphatic carbocycles. The van der Waals surface area contributed by atoms with Crippen LogP contribution in [-0.2, 0) is 9.84 Å². The number of thiazole rings is 1. The van der Waals surface area contributed by atoms with Gasteiger partial charge in [0.15, 0.2) is 15.0 Å². The zero-order chi connectivity index (χ0) is 13.3. The van der Waals surface area contributed by atoms with Gasteiger partial charge in [0, 0.05) is 5.56 Å². The van der Waals surface area contributed by atoms with Crippen molar-refractivity contribution in [1.29, 1.82) is 0 Å². The smallest absolute Gasteiger partial charge is 0.189 e. The minimum atomic E-state index is -3.30. The number of aromatic nitrogens is 1. The van der Waals surface area contributed by atoms with E-state index in [1.807, 2.05) is 31.2 Å². The van der Waals surface area contributed by atoms with Crippen LogP contribution in [0.2, 0.25) is 0 Å². The third-order valence-electron chi connectivity index (χ3n) is 2.68. The molecule has 0 saturated carbocycles. The highest BCUT2D eigenvalue weighted by atomic mass is 32.2. The number of hydrogen-bond acceptors (Lipinski definition) is 5. The molecule has 1 aromatic heterocycles. The number of nitrogens with two attached hydrogens (primary N) is 1. The standard InChI is InChI=1S/C12H14N2O2S2/c1-3-18(15,16)11-10(14-12(13)17-11)9-7-5-4-6-8(9)2/h4-7H,3H2,1-2H3,(H2,13,14). The lowest BCUT2D eigenvalue weighted by atomic mass is 10.1. The molecular formula is C12H14N2O2S2. The molecule has 6 heteroatoms. The van der Waals surface area contributed by atoms with Crippen molar-refractivity contribution in [3.8, 4) is 11.3 Å². The predicted molar refractivity (Wildman–Crippen MR) is 74.4 cm³/mol. The van der Waals surface area contributed by atoms with Crippen LogP contribution in [0.1, 0.15) is 12.5 Å². The molecule has 18 heavy (non-hydrogen) atoms. The number of rotatable bonds is 3. The number of sulfone groups is 1. The van der Waals surface area contributed by atoms with Crippen molar-refractivity contribution >= 4 is 26.3 Å². The Morgan fingerprint density at radius 2 is 2.00 bits per heavy atom. The number of nitrogens with zero attached hydrogens (tertiary/aromatic N) is 1. The van der Waals surface area contributed by atoms with Crippen LogP contribution in [-0.4, -0.2) is 19.2 Å². The summed E-state index contributed by atoms with van der Waals surface area (Å²) in [5.41, 5.74) is 7.93. The molecule has 1 heterocycles. The van der Waals surface area contributed by atoms with Crippen LogP contribution >= 0.6 is 11.3 Å². The quantitative estimate of drug-likeness (QED) is 0.938. The summed E-state index contributed by atoms with van der Waals surface area (Å²) in [6.45, 7) is 3.54. The normalized spacial score (nSPS) is 11.7. The summed E-state index contributed by atoms with van der Waals surface area (Å²) >= 11 is 1.03. The van der Waals surface area contributed by atoms with Crippen molar-refractivity contribution < 1.29 is 8.42 Å². The van der Waals surface area contributed by atoms with Gasteiger partial charge in [-0.15, -0.1) is 0 Å². The van der Waals surface area contributed by atoms with Crippen LogP contribution in [0.25, 0.3) is 11.3 Å². The van der Waals surface area contributed by atoms with Crippen molar-refractivity contribution in [3.05, 3.63) is 29.8 Å². The zero-order valence-electron chi connectivity index (χ0n) is 10.2. The fourth-order valence-electron chi connectivity index (χ4n) is 1.67. The summed E-state index contributed by atoms with van der Waals surface area (Å²) in [5, 5.41) is 0.278. The first kappa shape index (κ1) is 13.0. The molecule has 0 aliphatic heterocycles. The highest BCUT2D eigenvalue weighted by molar-refractivity contribution is 7.93. The third-order valence-corrected chi connectivity index (χ3v) is 5.88. The van der Waals surface area contributed by atoms with E-state index < -0.39 is 9.84 Å². The lowest BCUT2D eigenvalue weighted by molar-refractivity contribution is 0.599. The lowest BCUT2D eigenvalue weighted by Crippen LogP contribution is -2.03. The van der Waals surface area contributed by atoms with E-state index in [-0.39, 0.29) is 15.1 Å². The number of nitrogen functional groups attached to an aromatic ring is 1. The van der Waals surface area contributed by atoms with E-state index in [0.29, 0.717) is 5.69 Å². The largest absolute Gasteiger partial charge is 0.375 e. The molecule has 1 aromatic carbocycles. The van der Waals surface area contributed by atoms with Crippen molar-refractivity contribution in [2.75, 3.05) is 11.5 Å². The van der Waals surface area contributed by atoms with Crippen molar-refractivity contribution in [1.82, 2.24) is 4.98 Å². The van der Waals surface area contributed by atoms with Crippen molar-refractivity contribution in [3.63, 3.8) is 0 Å². The molecule has 0 atom stereocenters. The summed E-state index contributed by atoms with van der Waals surface area (Å²) in [5.74, 6) is 0.0491. The lowest BCUT2D eigenvalue weighted by Gasteiger charge is -2.05. The molecule has 0 saturated heterocycles. The second-order valence-corrected chi connectivity index (χ2v) is 7.41. The van der Waals surface area contributed by atoms with Gasteiger partial charge in [0.2, 0.25) is 0 Å². The minimum absolute atomic E-state index is 0.0491. The first-order valence-corrected chi connectivity index (χ1v) is 7.97. The Labute approximate surface area is 110 Å². The van der Waals surface area contributed by atoms with E-state index in [1.54, 1.807) is 6.92 Å². The SMILES string of the molecule is CCS(=O)(=O)c1sc(N)nc1-c1ccccc1C. The Morgan fingerprint density at radius 1 is 1.33 bits per heavy atom. The molecule has 0 aliphatic rings. The van der Waals surface area contributed by atoms with Crippen LogP contribution in [0, 0.1) is 6.92 Å². The molecule has 2 rings (SSSR count). The van der Waals surface area contributed by atoms with Gasteiger partial charge in [0.05, 0.1) is 5.75 Å². The highest BCUT2D eigenvalue weighted by Crippen LogP contribution is 2.35. The Balaban J connectivity index is 2.70. The first-order chi connectivity index (χ1) is 8.45. The Kier molecular flexibility index (Phi) is 3.41. The van der Waals surface area contributed by atoms with Gasteiger partial charge in [-0.05, 0) is 12.5 Å². The van der Waals surface area contributed by atoms with E-state index in [4.69, 9.17) is 5.73 Å². The second kappa shape index (κ2) is 4.70. The summed E-state index contributed by atoms with van der Waals surface area (Å²) in [7, 11) is -3.30. The van der Waals surface area contributed by atoms with Gasteiger partial charge < -0.3 is 5.73 Å². The van der Waals surface area contributed by atoms with E-state index in [0.717, 1.165) is 22.5 Å². The minimum Gasteiger partial charge on any atom is -0.375 e. The van der Waals surface area contributed by atoms with E-state index in [2.05, 4.69) is 4.98 Å². The fraction of sp³-hybridized carbons (Fsp3) is 0.250. The van der Waals surface area contributed by atoms with E-state index >= 15 is 0 Å². The summed E-state index contributed by atoms with van der Waals surface area (Å²) in [6.07, 6.45) is 0. The molecule has 2 N–H and O–H groups in total. The maximum atomic E-state index is 12.0. The molecule has 0 fully saturated rings. The average Bonchev–Trinajstić information content (AvgIpc) is 2.72. The van der Waals surface area contributed by atoms with Gasteiger partial charge in [-0.2, -0.15) is 0 Å². The number of hydrogen-bond donors (Lipinski definition) is 1. The van der Waals surface area contributed by atoms with Crippen LogP contribution in [0.4, 0.5) is 5.13 Å².